The van der Waals surface area contributed by atoms with Crippen molar-refractivity contribution in [1.29, 1.82) is 0 Å². The Morgan fingerprint density at radius 1 is 1.43 bits per heavy atom. The molecule has 1 rings (SSSR count). The molecular formula is C12H22N2. The summed E-state index contributed by atoms with van der Waals surface area (Å²) in [6, 6.07) is 0.673. The van der Waals surface area contributed by atoms with Gasteiger partial charge in [-0.15, -0.1) is 0 Å². The molecule has 0 radical (unpaired) electrons. The molecule has 1 fully saturated rings. The van der Waals surface area contributed by atoms with Gasteiger partial charge in [-0.25, -0.2) is 0 Å². The molecule has 1 aliphatic heterocycles. The molecule has 0 bridgehead atoms. The van der Waals surface area contributed by atoms with Crippen LogP contribution in [0.1, 0.15) is 27.2 Å². The summed E-state index contributed by atoms with van der Waals surface area (Å²) in [5, 5.41) is 3.31. The van der Waals surface area contributed by atoms with Crippen LogP contribution in [0.15, 0.2) is 0 Å². The fourth-order valence-corrected chi connectivity index (χ4v) is 1.63. The number of hydrogen-bond acceptors (Lipinski definition) is 2. The average molecular weight is 194 g/mol. The highest BCUT2D eigenvalue weighted by atomic mass is 15.2. The van der Waals surface area contributed by atoms with E-state index in [2.05, 4.69) is 42.8 Å². The molecule has 0 spiro atoms. The topological polar surface area (TPSA) is 15.3 Å². The summed E-state index contributed by atoms with van der Waals surface area (Å²) in [5.74, 6) is 6.53. The van der Waals surface area contributed by atoms with Crippen LogP contribution < -0.4 is 5.32 Å². The molecule has 14 heavy (non-hydrogen) atoms. The van der Waals surface area contributed by atoms with Crippen molar-refractivity contribution in [3.05, 3.63) is 0 Å². The Bertz CT molecular complexity index is 229. The predicted octanol–water partition coefficient (Wildman–Crippen LogP) is 1.33. The maximum atomic E-state index is 3.31. The SMILES string of the molecule is CNC1CCN(CC#CC(C)(C)C)C1. The second-order valence-corrected chi connectivity index (χ2v) is 5.06. The van der Waals surface area contributed by atoms with E-state index in [9.17, 15) is 0 Å². The van der Waals surface area contributed by atoms with E-state index in [0.717, 1.165) is 13.1 Å². The molecule has 0 saturated carbocycles. The van der Waals surface area contributed by atoms with Crippen LogP contribution in [0.3, 0.4) is 0 Å². The van der Waals surface area contributed by atoms with E-state index < -0.39 is 0 Å². The van der Waals surface area contributed by atoms with Crippen LogP contribution in [-0.4, -0.2) is 37.6 Å². The summed E-state index contributed by atoms with van der Waals surface area (Å²) >= 11 is 0. The first kappa shape index (κ1) is 11.6. The smallest absolute Gasteiger partial charge is 0.0602 e. The van der Waals surface area contributed by atoms with Gasteiger partial charge in [0.15, 0.2) is 0 Å². The summed E-state index contributed by atoms with van der Waals surface area (Å²) in [6.07, 6.45) is 1.26. The van der Waals surface area contributed by atoms with E-state index in [1.54, 1.807) is 0 Å². The summed E-state index contributed by atoms with van der Waals surface area (Å²) in [5.41, 5.74) is 0.141. The molecule has 2 heteroatoms. The minimum atomic E-state index is 0.141. The van der Waals surface area contributed by atoms with Crippen molar-refractivity contribution in [2.24, 2.45) is 5.41 Å². The van der Waals surface area contributed by atoms with Gasteiger partial charge in [0.2, 0.25) is 0 Å². The highest BCUT2D eigenvalue weighted by molar-refractivity contribution is 5.09. The molecule has 0 aromatic rings. The lowest BCUT2D eigenvalue weighted by atomic mass is 9.98. The third-order valence-corrected chi connectivity index (χ3v) is 2.45. The van der Waals surface area contributed by atoms with Crippen LogP contribution in [0, 0.1) is 17.3 Å². The van der Waals surface area contributed by atoms with Gasteiger partial charge in [0.05, 0.1) is 6.54 Å². The Morgan fingerprint density at radius 2 is 2.14 bits per heavy atom. The van der Waals surface area contributed by atoms with Crippen LogP contribution in [0.4, 0.5) is 0 Å². The van der Waals surface area contributed by atoms with Crippen molar-refractivity contribution in [3.63, 3.8) is 0 Å². The number of likely N-dealkylation sites (tertiary alicyclic amines) is 1. The highest BCUT2D eigenvalue weighted by Gasteiger charge is 2.19. The second kappa shape index (κ2) is 4.82. The van der Waals surface area contributed by atoms with Gasteiger partial charge < -0.3 is 5.32 Å². The van der Waals surface area contributed by atoms with Crippen molar-refractivity contribution in [2.45, 2.75) is 33.2 Å². The molecule has 1 unspecified atom stereocenters. The van der Waals surface area contributed by atoms with Crippen LogP contribution in [0.5, 0.6) is 0 Å². The zero-order valence-corrected chi connectivity index (χ0v) is 9.85. The number of hydrogen-bond donors (Lipinski definition) is 1. The predicted molar refractivity (Wildman–Crippen MR) is 61.1 cm³/mol. The second-order valence-electron chi connectivity index (χ2n) is 5.06. The van der Waals surface area contributed by atoms with Crippen molar-refractivity contribution >= 4 is 0 Å². The van der Waals surface area contributed by atoms with Gasteiger partial charge in [0, 0.05) is 24.5 Å². The zero-order valence-electron chi connectivity index (χ0n) is 9.85. The van der Waals surface area contributed by atoms with E-state index in [0.29, 0.717) is 6.04 Å². The number of likely N-dealkylation sites (N-methyl/N-ethyl adjacent to an activating group) is 1. The maximum Gasteiger partial charge on any atom is 0.0602 e. The Morgan fingerprint density at radius 3 is 2.64 bits per heavy atom. The lowest BCUT2D eigenvalue weighted by Crippen LogP contribution is -2.29. The monoisotopic (exact) mass is 194 g/mol. The fourth-order valence-electron chi connectivity index (χ4n) is 1.63. The zero-order chi connectivity index (χ0) is 10.6. The maximum absolute atomic E-state index is 3.31. The van der Waals surface area contributed by atoms with E-state index in [4.69, 9.17) is 0 Å². The molecular weight excluding hydrogens is 172 g/mol. The van der Waals surface area contributed by atoms with Gasteiger partial charge in [0.1, 0.15) is 0 Å². The van der Waals surface area contributed by atoms with Gasteiger partial charge in [-0.3, -0.25) is 4.90 Å². The Balaban J connectivity index is 2.29. The first-order valence-corrected chi connectivity index (χ1v) is 5.41. The van der Waals surface area contributed by atoms with Crippen LogP contribution in [0.25, 0.3) is 0 Å². The first-order chi connectivity index (χ1) is 6.51. The van der Waals surface area contributed by atoms with Crippen molar-refractivity contribution in [1.82, 2.24) is 10.2 Å². The minimum absolute atomic E-state index is 0.141. The van der Waals surface area contributed by atoms with Crippen LogP contribution in [0.2, 0.25) is 0 Å². The van der Waals surface area contributed by atoms with E-state index >= 15 is 0 Å². The summed E-state index contributed by atoms with van der Waals surface area (Å²) in [4.78, 5) is 2.42. The Hall–Kier alpha value is -0.520. The summed E-state index contributed by atoms with van der Waals surface area (Å²) in [6.45, 7) is 9.72. The average Bonchev–Trinajstić information content (AvgIpc) is 2.50. The van der Waals surface area contributed by atoms with Gasteiger partial charge >= 0.3 is 0 Å². The number of nitrogens with zero attached hydrogens (tertiary/aromatic N) is 1. The molecule has 1 saturated heterocycles. The molecule has 0 aromatic carbocycles. The normalized spacial score (nSPS) is 23.3. The van der Waals surface area contributed by atoms with Gasteiger partial charge in [-0.05, 0) is 34.2 Å². The van der Waals surface area contributed by atoms with Gasteiger partial charge in [-0.1, -0.05) is 11.8 Å². The molecule has 80 valence electrons. The number of rotatable bonds is 2. The van der Waals surface area contributed by atoms with Gasteiger partial charge in [-0.2, -0.15) is 0 Å². The van der Waals surface area contributed by atoms with E-state index in [-0.39, 0.29) is 5.41 Å². The largest absolute Gasteiger partial charge is 0.316 e. The molecule has 1 N–H and O–H groups in total. The molecule has 1 heterocycles. The molecule has 2 nitrogen and oxygen atoms in total. The van der Waals surface area contributed by atoms with Crippen molar-refractivity contribution < 1.29 is 0 Å². The molecule has 1 atom stereocenters. The van der Waals surface area contributed by atoms with E-state index in [1.807, 2.05) is 7.05 Å². The molecule has 0 amide bonds. The third-order valence-electron chi connectivity index (χ3n) is 2.45. The van der Waals surface area contributed by atoms with Crippen molar-refractivity contribution in [2.75, 3.05) is 26.7 Å². The number of nitrogens with one attached hydrogen (secondary N) is 1. The van der Waals surface area contributed by atoms with Crippen molar-refractivity contribution in [3.8, 4) is 11.8 Å². The summed E-state index contributed by atoms with van der Waals surface area (Å²) in [7, 11) is 2.04. The molecule has 0 aromatic heterocycles. The molecule has 0 aliphatic carbocycles. The lowest BCUT2D eigenvalue weighted by molar-refractivity contribution is 0.370. The van der Waals surface area contributed by atoms with Gasteiger partial charge in [0.25, 0.3) is 0 Å². The fraction of sp³-hybridized carbons (Fsp3) is 0.833. The standard InChI is InChI=1S/C12H22N2/c1-12(2,3)7-5-8-14-9-6-11(10-14)13-4/h11,13H,6,8-10H2,1-4H3. The lowest BCUT2D eigenvalue weighted by Gasteiger charge is -2.12. The van der Waals surface area contributed by atoms with Crippen LogP contribution >= 0.6 is 0 Å². The Kier molecular flexibility index (Phi) is 3.97. The Labute approximate surface area is 88.1 Å². The van der Waals surface area contributed by atoms with E-state index in [1.165, 1.54) is 13.0 Å². The highest BCUT2D eigenvalue weighted by Crippen LogP contribution is 2.10. The molecule has 1 aliphatic rings. The van der Waals surface area contributed by atoms with Crippen LogP contribution in [-0.2, 0) is 0 Å². The minimum Gasteiger partial charge on any atom is -0.316 e. The summed E-state index contributed by atoms with van der Waals surface area (Å²) < 4.78 is 0. The quantitative estimate of drug-likeness (QED) is 0.667. The third kappa shape index (κ3) is 4.13. The first-order valence-electron chi connectivity index (χ1n) is 5.41.